The summed E-state index contributed by atoms with van der Waals surface area (Å²) in [6, 6.07) is 12.2. The number of nitrogens with zero attached hydrogens (tertiary/aromatic N) is 1. The molecule has 0 aliphatic rings. The number of methoxy groups -OCH3 is 4. The molecule has 3 aromatic carbocycles. The van der Waals surface area contributed by atoms with Gasteiger partial charge in [0.25, 0.3) is 5.91 Å². The first-order valence-corrected chi connectivity index (χ1v) is 11.1. The minimum absolute atomic E-state index is 0.187. The van der Waals surface area contributed by atoms with Crippen molar-refractivity contribution in [2.75, 3.05) is 28.4 Å². The molecule has 0 saturated carbocycles. The van der Waals surface area contributed by atoms with Crippen LogP contribution in [-0.4, -0.2) is 46.5 Å². The SMILES string of the molecule is COc1cc(/C=N\NC(=O)c2cc(OC)c(OC)c(OC)c2)ccc1OC(=O)c1ccc(Cl)c(Cl)c1. The minimum atomic E-state index is -0.633. The van der Waals surface area contributed by atoms with Crippen molar-refractivity contribution in [1.29, 1.82) is 0 Å². The Balaban J connectivity index is 1.72. The molecule has 1 N–H and O–H groups in total. The van der Waals surface area contributed by atoms with Gasteiger partial charge in [0.15, 0.2) is 23.0 Å². The Bertz CT molecular complexity index is 1290. The summed E-state index contributed by atoms with van der Waals surface area (Å²) in [5, 5.41) is 4.54. The molecule has 11 heteroatoms. The second-order valence-electron chi connectivity index (χ2n) is 7.04. The fraction of sp³-hybridized carbons (Fsp3) is 0.160. The quantitative estimate of drug-likeness (QED) is 0.178. The van der Waals surface area contributed by atoms with Crippen LogP contribution in [0.15, 0.2) is 53.6 Å². The average Bonchev–Trinajstić information content (AvgIpc) is 2.89. The topological polar surface area (TPSA) is 105 Å². The van der Waals surface area contributed by atoms with Gasteiger partial charge in [-0.3, -0.25) is 4.79 Å². The first-order valence-electron chi connectivity index (χ1n) is 10.3. The number of carbonyl (C=O) groups is 2. The maximum atomic E-state index is 12.6. The van der Waals surface area contributed by atoms with E-state index >= 15 is 0 Å². The molecule has 0 fully saturated rings. The number of esters is 1. The smallest absolute Gasteiger partial charge is 0.343 e. The van der Waals surface area contributed by atoms with Crippen molar-refractivity contribution in [2.45, 2.75) is 0 Å². The molecule has 0 radical (unpaired) electrons. The lowest BCUT2D eigenvalue weighted by Crippen LogP contribution is -2.18. The lowest BCUT2D eigenvalue weighted by atomic mass is 10.1. The fourth-order valence-electron chi connectivity index (χ4n) is 3.07. The van der Waals surface area contributed by atoms with Gasteiger partial charge in [-0.25, -0.2) is 10.2 Å². The van der Waals surface area contributed by atoms with Crippen LogP contribution in [0.25, 0.3) is 0 Å². The zero-order valence-electron chi connectivity index (χ0n) is 19.8. The van der Waals surface area contributed by atoms with Crippen molar-refractivity contribution in [3.8, 4) is 28.7 Å². The summed E-state index contributed by atoms with van der Waals surface area (Å²) in [5.74, 6) is 0.376. The Hall–Kier alpha value is -3.95. The second kappa shape index (κ2) is 12.1. The molecule has 0 aliphatic carbocycles. The van der Waals surface area contributed by atoms with Gasteiger partial charge in [0.2, 0.25) is 5.75 Å². The van der Waals surface area contributed by atoms with E-state index in [-0.39, 0.29) is 27.6 Å². The largest absolute Gasteiger partial charge is 0.493 e. The third-order valence-corrected chi connectivity index (χ3v) is 5.59. The monoisotopic (exact) mass is 532 g/mol. The number of hydrogen-bond acceptors (Lipinski definition) is 8. The summed E-state index contributed by atoms with van der Waals surface area (Å²) < 4.78 is 26.5. The van der Waals surface area contributed by atoms with E-state index in [4.69, 9.17) is 46.9 Å². The predicted molar refractivity (Wildman–Crippen MR) is 136 cm³/mol. The van der Waals surface area contributed by atoms with Gasteiger partial charge in [-0.05, 0) is 54.1 Å². The number of halogens is 2. The molecule has 36 heavy (non-hydrogen) atoms. The summed E-state index contributed by atoms with van der Waals surface area (Å²) in [5.41, 5.74) is 3.49. The van der Waals surface area contributed by atoms with Gasteiger partial charge >= 0.3 is 5.97 Å². The standard InChI is InChI=1S/C25H22Cl2N2O7/c1-32-20-9-14(5-8-19(20)36-25(31)15-6-7-17(26)18(27)10-15)13-28-29-24(30)16-11-21(33-2)23(35-4)22(12-16)34-3/h5-13H,1-4H3,(H,29,30)/b28-13-. The first kappa shape index (κ1) is 26.7. The number of benzene rings is 3. The van der Waals surface area contributed by atoms with Gasteiger partial charge in [-0.2, -0.15) is 5.10 Å². The number of hydrogen-bond donors (Lipinski definition) is 1. The zero-order valence-corrected chi connectivity index (χ0v) is 21.3. The lowest BCUT2D eigenvalue weighted by molar-refractivity contribution is 0.0729. The molecule has 188 valence electrons. The fourth-order valence-corrected chi connectivity index (χ4v) is 3.37. The van der Waals surface area contributed by atoms with Crippen LogP contribution >= 0.6 is 23.2 Å². The lowest BCUT2D eigenvalue weighted by Gasteiger charge is -2.13. The number of amides is 1. The van der Waals surface area contributed by atoms with Gasteiger partial charge in [-0.15, -0.1) is 0 Å². The minimum Gasteiger partial charge on any atom is -0.493 e. The summed E-state index contributed by atoms with van der Waals surface area (Å²) in [7, 11) is 5.81. The zero-order chi connectivity index (χ0) is 26.2. The van der Waals surface area contributed by atoms with Gasteiger partial charge in [-0.1, -0.05) is 23.2 Å². The van der Waals surface area contributed by atoms with Gasteiger partial charge in [0.1, 0.15) is 0 Å². The highest BCUT2D eigenvalue weighted by molar-refractivity contribution is 6.42. The van der Waals surface area contributed by atoms with E-state index in [1.807, 2.05) is 0 Å². The summed E-state index contributed by atoms with van der Waals surface area (Å²) in [6.07, 6.45) is 1.41. The molecule has 0 bridgehead atoms. The van der Waals surface area contributed by atoms with Gasteiger partial charge in [0, 0.05) is 5.56 Å². The molecule has 0 saturated heterocycles. The number of ether oxygens (including phenoxy) is 5. The highest BCUT2D eigenvalue weighted by Crippen LogP contribution is 2.38. The van der Waals surface area contributed by atoms with Crippen molar-refractivity contribution in [3.05, 3.63) is 75.3 Å². The maximum Gasteiger partial charge on any atom is 0.343 e. The Labute approximate surface area is 217 Å². The van der Waals surface area contributed by atoms with Crippen LogP contribution in [-0.2, 0) is 0 Å². The highest BCUT2D eigenvalue weighted by atomic mass is 35.5. The Morgan fingerprint density at radius 2 is 1.42 bits per heavy atom. The second-order valence-corrected chi connectivity index (χ2v) is 7.86. The van der Waals surface area contributed by atoms with Crippen LogP contribution in [0, 0.1) is 0 Å². The van der Waals surface area contributed by atoms with Crippen molar-refractivity contribution in [3.63, 3.8) is 0 Å². The third kappa shape index (κ3) is 6.18. The van der Waals surface area contributed by atoms with Crippen LogP contribution in [0.5, 0.6) is 28.7 Å². The summed E-state index contributed by atoms with van der Waals surface area (Å²) in [6.45, 7) is 0. The number of nitrogens with one attached hydrogen (secondary N) is 1. The van der Waals surface area contributed by atoms with Gasteiger partial charge in [0.05, 0.1) is 50.3 Å². The third-order valence-electron chi connectivity index (χ3n) is 4.85. The van der Waals surface area contributed by atoms with Crippen molar-refractivity contribution in [2.24, 2.45) is 5.10 Å². The Kier molecular flexibility index (Phi) is 8.99. The van der Waals surface area contributed by atoms with E-state index in [9.17, 15) is 9.59 Å². The van der Waals surface area contributed by atoms with Gasteiger partial charge < -0.3 is 23.7 Å². The number of rotatable bonds is 9. The molecule has 0 atom stereocenters. The average molecular weight is 533 g/mol. The molecule has 0 heterocycles. The van der Waals surface area contributed by atoms with E-state index in [0.29, 0.717) is 27.8 Å². The normalized spacial score (nSPS) is 10.6. The molecule has 3 aromatic rings. The van der Waals surface area contributed by atoms with E-state index in [1.165, 1.54) is 71.1 Å². The van der Waals surface area contributed by atoms with Crippen LogP contribution in [0.4, 0.5) is 0 Å². The van der Waals surface area contributed by atoms with Crippen molar-refractivity contribution < 1.29 is 33.3 Å². The molecule has 1 amide bonds. The Morgan fingerprint density at radius 3 is 2.00 bits per heavy atom. The van der Waals surface area contributed by atoms with E-state index in [0.717, 1.165) is 0 Å². The van der Waals surface area contributed by atoms with E-state index < -0.39 is 11.9 Å². The van der Waals surface area contributed by atoms with Crippen LogP contribution in [0.3, 0.4) is 0 Å². The van der Waals surface area contributed by atoms with Crippen LogP contribution in [0.1, 0.15) is 26.3 Å². The van der Waals surface area contributed by atoms with E-state index in [2.05, 4.69) is 10.5 Å². The van der Waals surface area contributed by atoms with Crippen molar-refractivity contribution >= 4 is 41.3 Å². The van der Waals surface area contributed by atoms with Crippen molar-refractivity contribution in [1.82, 2.24) is 5.43 Å². The molecule has 0 aliphatic heterocycles. The number of hydrazone groups is 1. The Morgan fingerprint density at radius 1 is 0.750 bits per heavy atom. The summed E-state index contributed by atoms with van der Waals surface area (Å²) in [4.78, 5) is 25.0. The number of carbonyl (C=O) groups excluding carboxylic acids is 2. The molecule has 0 aromatic heterocycles. The van der Waals surface area contributed by atoms with Crippen LogP contribution in [0.2, 0.25) is 10.0 Å². The maximum absolute atomic E-state index is 12.6. The first-order chi connectivity index (χ1) is 17.3. The molecule has 0 unspecified atom stereocenters. The molecule has 0 spiro atoms. The molecule has 9 nitrogen and oxygen atoms in total. The molecular weight excluding hydrogens is 511 g/mol. The predicted octanol–water partition coefficient (Wildman–Crippen LogP) is 5.01. The molecule has 3 rings (SSSR count). The van der Waals surface area contributed by atoms with E-state index in [1.54, 1.807) is 12.1 Å². The van der Waals surface area contributed by atoms with Crippen LogP contribution < -0.4 is 29.1 Å². The molecular formula is C25H22Cl2N2O7. The summed E-state index contributed by atoms with van der Waals surface area (Å²) >= 11 is 11.9. The highest BCUT2D eigenvalue weighted by Gasteiger charge is 2.17.